The van der Waals surface area contributed by atoms with Gasteiger partial charge in [0.2, 0.25) is 0 Å². The summed E-state index contributed by atoms with van der Waals surface area (Å²) in [5.74, 6) is -0.466. The normalized spacial score (nSPS) is 21.9. The molecular formula is C10H17NO4S. The summed E-state index contributed by atoms with van der Waals surface area (Å²) in [5.41, 5.74) is 0.302. The lowest BCUT2D eigenvalue weighted by Gasteiger charge is -2.22. The second-order valence-corrected chi connectivity index (χ2v) is 6.33. The number of nitrogens with one attached hydrogen (secondary N) is 1. The minimum Gasteiger partial charge on any atom is -0.478 e. The molecule has 1 rings (SSSR count). The monoisotopic (exact) mass is 247 g/mol. The van der Waals surface area contributed by atoms with Gasteiger partial charge in [0.25, 0.3) is 0 Å². The first-order valence-corrected chi connectivity index (χ1v) is 7.07. The molecule has 16 heavy (non-hydrogen) atoms. The van der Waals surface area contributed by atoms with Crippen LogP contribution in [-0.2, 0) is 14.6 Å². The number of rotatable bonds is 4. The van der Waals surface area contributed by atoms with Crippen molar-refractivity contribution >= 4 is 15.8 Å². The second-order valence-electron chi connectivity index (χ2n) is 4.03. The van der Waals surface area contributed by atoms with Gasteiger partial charge < -0.3 is 10.4 Å². The molecule has 1 fully saturated rings. The summed E-state index contributed by atoms with van der Waals surface area (Å²) >= 11 is 0. The van der Waals surface area contributed by atoms with Crippen LogP contribution in [0.4, 0.5) is 0 Å². The molecule has 5 nitrogen and oxygen atoms in total. The molecule has 0 atom stereocenters. The Labute approximate surface area is 95.5 Å². The standard InChI is InChI=1S/C10H17NO4S/c1-8(10(12)13)2-5-11-9-3-6-16(14,15)7-4-9/h2,9,11H,3-7H2,1H3,(H,12,13). The molecule has 1 heterocycles. The summed E-state index contributed by atoms with van der Waals surface area (Å²) in [4.78, 5) is 10.5. The van der Waals surface area contributed by atoms with Gasteiger partial charge in [-0.05, 0) is 19.8 Å². The highest BCUT2D eigenvalue weighted by molar-refractivity contribution is 7.91. The van der Waals surface area contributed by atoms with Crippen LogP contribution in [0.25, 0.3) is 0 Å². The van der Waals surface area contributed by atoms with Crippen LogP contribution in [0.2, 0.25) is 0 Å². The zero-order chi connectivity index (χ0) is 12.2. The van der Waals surface area contributed by atoms with Gasteiger partial charge >= 0.3 is 5.97 Å². The van der Waals surface area contributed by atoms with Crippen LogP contribution in [0.15, 0.2) is 11.6 Å². The van der Waals surface area contributed by atoms with Crippen molar-refractivity contribution < 1.29 is 18.3 Å². The first kappa shape index (κ1) is 13.2. The van der Waals surface area contributed by atoms with Gasteiger partial charge in [-0.3, -0.25) is 0 Å². The van der Waals surface area contributed by atoms with E-state index in [4.69, 9.17) is 5.11 Å². The molecule has 0 unspecified atom stereocenters. The number of carbonyl (C=O) groups is 1. The Balaban J connectivity index is 2.31. The average molecular weight is 247 g/mol. The highest BCUT2D eigenvalue weighted by atomic mass is 32.2. The van der Waals surface area contributed by atoms with Crippen molar-refractivity contribution in [3.63, 3.8) is 0 Å². The molecule has 0 radical (unpaired) electrons. The molecule has 2 N–H and O–H groups in total. The maximum Gasteiger partial charge on any atom is 0.330 e. The van der Waals surface area contributed by atoms with E-state index in [1.807, 2.05) is 0 Å². The van der Waals surface area contributed by atoms with Crippen molar-refractivity contribution in [2.45, 2.75) is 25.8 Å². The molecule has 1 aliphatic heterocycles. The largest absolute Gasteiger partial charge is 0.478 e. The predicted molar refractivity (Wildman–Crippen MR) is 61.1 cm³/mol. The van der Waals surface area contributed by atoms with Crippen molar-refractivity contribution in [3.8, 4) is 0 Å². The van der Waals surface area contributed by atoms with E-state index in [0.717, 1.165) is 0 Å². The van der Waals surface area contributed by atoms with Crippen LogP contribution in [0, 0.1) is 0 Å². The van der Waals surface area contributed by atoms with E-state index < -0.39 is 15.8 Å². The fraction of sp³-hybridized carbons (Fsp3) is 0.700. The Morgan fingerprint density at radius 2 is 2.00 bits per heavy atom. The number of sulfone groups is 1. The summed E-state index contributed by atoms with van der Waals surface area (Å²) in [5, 5.41) is 11.8. The second kappa shape index (κ2) is 5.45. The summed E-state index contributed by atoms with van der Waals surface area (Å²) in [6, 6.07) is 0.182. The number of carboxylic acids is 1. The maximum absolute atomic E-state index is 11.2. The lowest BCUT2D eigenvalue weighted by atomic mass is 10.1. The Morgan fingerprint density at radius 1 is 1.44 bits per heavy atom. The number of aliphatic carboxylic acids is 1. The highest BCUT2D eigenvalue weighted by Gasteiger charge is 2.22. The average Bonchev–Trinajstić information content (AvgIpc) is 2.20. The van der Waals surface area contributed by atoms with E-state index in [-0.39, 0.29) is 17.5 Å². The van der Waals surface area contributed by atoms with E-state index in [0.29, 0.717) is 25.0 Å². The van der Waals surface area contributed by atoms with Gasteiger partial charge in [0.05, 0.1) is 11.5 Å². The fourth-order valence-electron chi connectivity index (χ4n) is 1.56. The predicted octanol–water partition coefficient (Wildman–Crippen LogP) is 0.184. The summed E-state index contributed by atoms with van der Waals surface area (Å²) < 4.78 is 22.3. The lowest BCUT2D eigenvalue weighted by molar-refractivity contribution is -0.132. The third kappa shape index (κ3) is 4.32. The lowest BCUT2D eigenvalue weighted by Crippen LogP contribution is -2.37. The molecule has 1 aliphatic rings. The van der Waals surface area contributed by atoms with Crippen LogP contribution in [0.3, 0.4) is 0 Å². The quantitative estimate of drug-likeness (QED) is 0.693. The van der Waals surface area contributed by atoms with Crippen molar-refractivity contribution in [2.75, 3.05) is 18.1 Å². The molecule has 0 aliphatic carbocycles. The minimum atomic E-state index is -2.82. The third-order valence-corrected chi connectivity index (χ3v) is 4.42. The zero-order valence-corrected chi connectivity index (χ0v) is 10.1. The molecular weight excluding hydrogens is 230 g/mol. The molecule has 0 aromatic rings. The highest BCUT2D eigenvalue weighted by Crippen LogP contribution is 2.11. The third-order valence-electron chi connectivity index (χ3n) is 2.71. The Bertz CT molecular complexity index is 372. The van der Waals surface area contributed by atoms with Gasteiger partial charge in [-0.1, -0.05) is 6.08 Å². The topological polar surface area (TPSA) is 83.5 Å². The van der Waals surface area contributed by atoms with Crippen molar-refractivity contribution in [1.82, 2.24) is 5.32 Å². The molecule has 0 saturated carbocycles. The Kier molecular flexibility index (Phi) is 4.49. The van der Waals surface area contributed by atoms with Crippen molar-refractivity contribution in [1.29, 1.82) is 0 Å². The number of carboxylic acid groups (broad SMARTS) is 1. The molecule has 0 bridgehead atoms. The van der Waals surface area contributed by atoms with E-state index in [2.05, 4.69) is 5.32 Å². The van der Waals surface area contributed by atoms with Crippen LogP contribution in [0.1, 0.15) is 19.8 Å². The van der Waals surface area contributed by atoms with E-state index >= 15 is 0 Å². The molecule has 0 aromatic heterocycles. The Morgan fingerprint density at radius 3 is 2.50 bits per heavy atom. The molecule has 6 heteroatoms. The first-order valence-electron chi connectivity index (χ1n) is 5.24. The zero-order valence-electron chi connectivity index (χ0n) is 9.27. The van der Waals surface area contributed by atoms with Gasteiger partial charge in [0, 0.05) is 18.2 Å². The molecule has 0 spiro atoms. The fourth-order valence-corrected chi connectivity index (χ4v) is 3.05. The molecule has 0 aromatic carbocycles. The van der Waals surface area contributed by atoms with E-state index in [9.17, 15) is 13.2 Å². The van der Waals surface area contributed by atoms with Crippen LogP contribution >= 0.6 is 0 Å². The first-order chi connectivity index (χ1) is 7.41. The Hall–Kier alpha value is -0.880. The number of hydrogen-bond acceptors (Lipinski definition) is 4. The smallest absolute Gasteiger partial charge is 0.330 e. The molecule has 92 valence electrons. The van der Waals surface area contributed by atoms with Crippen molar-refractivity contribution in [3.05, 3.63) is 11.6 Å². The van der Waals surface area contributed by atoms with Crippen LogP contribution in [-0.4, -0.2) is 43.6 Å². The maximum atomic E-state index is 11.2. The van der Waals surface area contributed by atoms with Gasteiger partial charge in [0.15, 0.2) is 0 Å². The van der Waals surface area contributed by atoms with Gasteiger partial charge in [-0.25, -0.2) is 13.2 Å². The summed E-state index contributed by atoms with van der Waals surface area (Å²) in [7, 11) is -2.82. The molecule has 1 saturated heterocycles. The van der Waals surface area contributed by atoms with E-state index in [1.54, 1.807) is 6.08 Å². The summed E-state index contributed by atoms with van der Waals surface area (Å²) in [6.07, 6.45) is 2.83. The van der Waals surface area contributed by atoms with Gasteiger partial charge in [0.1, 0.15) is 9.84 Å². The van der Waals surface area contributed by atoms with Crippen LogP contribution in [0.5, 0.6) is 0 Å². The van der Waals surface area contributed by atoms with Crippen LogP contribution < -0.4 is 5.32 Å². The minimum absolute atomic E-state index is 0.182. The van der Waals surface area contributed by atoms with Gasteiger partial charge in [-0.15, -0.1) is 0 Å². The summed E-state index contributed by atoms with van der Waals surface area (Å²) in [6.45, 7) is 2.01. The van der Waals surface area contributed by atoms with Crippen molar-refractivity contribution in [2.24, 2.45) is 0 Å². The van der Waals surface area contributed by atoms with E-state index in [1.165, 1.54) is 6.92 Å². The number of hydrogen-bond donors (Lipinski definition) is 2. The van der Waals surface area contributed by atoms with Gasteiger partial charge in [-0.2, -0.15) is 0 Å². The molecule has 0 amide bonds. The SMILES string of the molecule is CC(=CCNC1CCS(=O)(=O)CC1)C(=O)O.